The van der Waals surface area contributed by atoms with Crippen LogP contribution in [0.1, 0.15) is 33.6 Å². The molecule has 0 aliphatic carbocycles. The molecule has 0 bridgehead atoms. The molecule has 0 aliphatic rings. The molecule has 0 aromatic rings. The second-order valence-electron chi connectivity index (χ2n) is 4.06. The first-order valence-electron chi connectivity index (χ1n) is 5.46. The molecule has 0 aromatic carbocycles. The van der Waals surface area contributed by atoms with Gasteiger partial charge in [0.25, 0.3) is 0 Å². The molecule has 3 heteroatoms. The van der Waals surface area contributed by atoms with Crippen LogP contribution in [0.5, 0.6) is 0 Å². The molecule has 86 valence electrons. The lowest BCUT2D eigenvalue weighted by atomic mass is 10.1. The Morgan fingerprint density at radius 2 is 1.86 bits per heavy atom. The van der Waals surface area contributed by atoms with E-state index in [0.29, 0.717) is 0 Å². The van der Waals surface area contributed by atoms with E-state index in [1.807, 2.05) is 0 Å². The van der Waals surface area contributed by atoms with Gasteiger partial charge in [0.1, 0.15) is 0 Å². The van der Waals surface area contributed by atoms with Crippen molar-refractivity contribution in [3.63, 3.8) is 0 Å². The van der Waals surface area contributed by atoms with Gasteiger partial charge >= 0.3 is 0 Å². The lowest BCUT2D eigenvalue weighted by Gasteiger charge is -2.23. The highest BCUT2D eigenvalue weighted by molar-refractivity contribution is 4.64. The molecule has 3 nitrogen and oxygen atoms in total. The van der Waals surface area contributed by atoms with Gasteiger partial charge in [-0.2, -0.15) is 0 Å². The van der Waals surface area contributed by atoms with Gasteiger partial charge in [-0.05, 0) is 33.2 Å². The molecule has 0 rings (SSSR count). The fraction of sp³-hybridized carbons (Fsp3) is 1.00. The van der Waals surface area contributed by atoms with Crippen LogP contribution in [0.15, 0.2) is 0 Å². The first-order chi connectivity index (χ1) is 6.62. The van der Waals surface area contributed by atoms with Gasteiger partial charge in [-0.3, -0.25) is 0 Å². The number of nitrogens with one attached hydrogen (secondary N) is 1. The molecule has 0 spiro atoms. The van der Waals surface area contributed by atoms with Crippen LogP contribution in [0.2, 0.25) is 0 Å². The molecule has 0 fully saturated rings. The number of hydrogen-bond acceptors (Lipinski definition) is 3. The second-order valence-corrected chi connectivity index (χ2v) is 4.06. The predicted molar refractivity (Wildman–Crippen MR) is 59.7 cm³/mol. The summed E-state index contributed by atoms with van der Waals surface area (Å²) in [5.74, 6) is 0. The summed E-state index contributed by atoms with van der Waals surface area (Å²) < 4.78 is 10.6. The number of methoxy groups -OCH3 is 1. The Kier molecular flexibility index (Phi) is 8.14. The summed E-state index contributed by atoms with van der Waals surface area (Å²) in [6.45, 7) is 9.95. The van der Waals surface area contributed by atoms with Crippen LogP contribution >= 0.6 is 0 Å². The summed E-state index contributed by atoms with van der Waals surface area (Å²) in [5, 5.41) is 3.29. The van der Waals surface area contributed by atoms with E-state index >= 15 is 0 Å². The highest BCUT2D eigenvalue weighted by atomic mass is 16.5. The van der Waals surface area contributed by atoms with E-state index in [-0.39, 0.29) is 5.60 Å². The van der Waals surface area contributed by atoms with Crippen LogP contribution in [0.25, 0.3) is 0 Å². The Bertz CT molecular complexity index is 126. The fourth-order valence-corrected chi connectivity index (χ4v) is 0.947. The van der Waals surface area contributed by atoms with Crippen molar-refractivity contribution in [2.75, 3.05) is 33.4 Å². The van der Waals surface area contributed by atoms with Gasteiger partial charge in [-0.1, -0.05) is 6.92 Å². The van der Waals surface area contributed by atoms with Crippen LogP contribution in [0.3, 0.4) is 0 Å². The van der Waals surface area contributed by atoms with Crippen molar-refractivity contribution in [3.8, 4) is 0 Å². The summed E-state index contributed by atoms with van der Waals surface area (Å²) in [5.41, 5.74) is 0.0343. The van der Waals surface area contributed by atoms with Crippen LogP contribution < -0.4 is 5.32 Å². The van der Waals surface area contributed by atoms with E-state index in [1.54, 1.807) is 7.11 Å². The molecule has 1 N–H and O–H groups in total. The molecule has 0 atom stereocenters. The maximum Gasteiger partial charge on any atom is 0.0623 e. The van der Waals surface area contributed by atoms with Crippen molar-refractivity contribution in [2.45, 2.75) is 39.2 Å². The topological polar surface area (TPSA) is 30.5 Å². The minimum Gasteiger partial charge on any atom is -0.383 e. The normalized spacial score (nSPS) is 12.0. The lowest BCUT2D eigenvalue weighted by molar-refractivity contribution is -0.0208. The van der Waals surface area contributed by atoms with Gasteiger partial charge in [0.05, 0.1) is 12.2 Å². The highest BCUT2D eigenvalue weighted by Gasteiger charge is 2.13. The molecule has 0 aliphatic heterocycles. The Hall–Kier alpha value is -0.120. The quantitative estimate of drug-likeness (QED) is 0.580. The third-order valence-corrected chi connectivity index (χ3v) is 2.33. The zero-order valence-electron chi connectivity index (χ0n) is 10.1. The zero-order chi connectivity index (χ0) is 10.9. The van der Waals surface area contributed by atoms with Crippen molar-refractivity contribution in [1.29, 1.82) is 0 Å². The van der Waals surface area contributed by atoms with E-state index in [0.717, 1.165) is 39.1 Å². The molecule has 0 aromatic heterocycles. The molecule has 14 heavy (non-hydrogen) atoms. The molecule has 0 unspecified atom stereocenters. The van der Waals surface area contributed by atoms with Gasteiger partial charge in [0.15, 0.2) is 0 Å². The van der Waals surface area contributed by atoms with E-state index in [1.165, 1.54) is 0 Å². The average Bonchev–Trinajstić information content (AvgIpc) is 2.16. The van der Waals surface area contributed by atoms with Crippen molar-refractivity contribution < 1.29 is 9.47 Å². The minimum absolute atomic E-state index is 0.0343. The van der Waals surface area contributed by atoms with Gasteiger partial charge in [-0.15, -0.1) is 0 Å². The summed E-state index contributed by atoms with van der Waals surface area (Å²) in [7, 11) is 1.72. The third kappa shape index (κ3) is 8.48. The van der Waals surface area contributed by atoms with E-state index in [4.69, 9.17) is 9.47 Å². The maximum absolute atomic E-state index is 5.71. The third-order valence-electron chi connectivity index (χ3n) is 2.33. The summed E-state index contributed by atoms with van der Waals surface area (Å²) in [6.07, 6.45) is 2.12. The highest BCUT2D eigenvalue weighted by Crippen LogP contribution is 2.13. The van der Waals surface area contributed by atoms with Gasteiger partial charge in [0.2, 0.25) is 0 Å². The minimum atomic E-state index is 0.0343. The molecule has 0 saturated heterocycles. The fourth-order valence-electron chi connectivity index (χ4n) is 0.947. The smallest absolute Gasteiger partial charge is 0.0623 e. The molecule has 0 saturated carbocycles. The van der Waals surface area contributed by atoms with E-state index in [2.05, 4.69) is 26.1 Å². The first kappa shape index (κ1) is 13.9. The van der Waals surface area contributed by atoms with Gasteiger partial charge in [0, 0.05) is 20.3 Å². The molecular formula is C11H25NO2. The average molecular weight is 203 g/mol. The van der Waals surface area contributed by atoms with E-state index < -0.39 is 0 Å². The second kappa shape index (κ2) is 8.21. The standard InChI is InChI=1S/C11H25NO2/c1-5-11(2,3)14-9-6-7-12-8-10-13-4/h12H,5-10H2,1-4H3. The van der Waals surface area contributed by atoms with Crippen LogP contribution in [-0.4, -0.2) is 39.0 Å². The van der Waals surface area contributed by atoms with Crippen molar-refractivity contribution in [2.24, 2.45) is 0 Å². The van der Waals surface area contributed by atoms with Crippen molar-refractivity contribution in [3.05, 3.63) is 0 Å². The number of rotatable bonds is 9. The summed E-state index contributed by atoms with van der Waals surface area (Å²) in [6, 6.07) is 0. The van der Waals surface area contributed by atoms with Crippen molar-refractivity contribution in [1.82, 2.24) is 5.32 Å². The van der Waals surface area contributed by atoms with Crippen LogP contribution in [-0.2, 0) is 9.47 Å². The Morgan fingerprint density at radius 3 is 2.43 bits per heavy atom. The van der Waals surface area contributed by atoms with Gasteiger partial charge in [-0.25, -0.2) is 0 Å². The number of ether oxygens (including phenoxy) is 2. The number of hydrogen-bond donors (Lipinski definition) is 1. The monoisotopic (exact) mass is 203 g/mol. The van der Waals surface area contributed by atoms with Crippen LogP contribution in [0, 0.1) is 0 Å². The largest absolute Gasteiger partial charge is 0.383 e. The van der Waals surface area contributed by atoms with Crippen LogP contribution in [0.4, 0.5) is 0 Å². The molecule has 0 heterocycles. The Morgan fingerprint density at radius 1 is 1.14 bits per heavy atom. The van der Waals surface area contributed by atoms with Crippen molar-refractivity contribution >= 4 is 0 Å². The summed E-state index contributed by atoms with van der Waals surface area (Å²) >= 11 is 0. The maximum atomic E-state index is 5.71. The predicted octanol–water partition coefficient (Wildman–Crippen LogP) is 1.82. The molecule has 0 amide bonds. The Balaban J connectivity index is 3.13. The Labute approximate surface area is 88.2 Å². The molecule has 0 radical (unpaired) electrons. The SMILES string of the molecule is CCC(C)(C)OCCCNCCOC. The van der Waals surface area contributed by atoms with E-state index in [9.17, 15) is 0 Å². The zero-order valence-corrected chi connectivity index (χ0v) is 10.1. The van der Waals surface area contributed by atoms with Gasteiger partial charge < -0.3 is 14.8 Å². The lowest BCUT2D eigenvalue weighted by Crippen LogP contribution is -2.26. The molecular weight excluding hydrogens is 178 g/mol. The first-order valence-corrected chi connectivity index (χ1v) is 5.46. The summed E-state index contributed by atoms with van der Waals surface area (Å²) in [4.78, 5) is 0.